The number of fused-ring (bicyclic) bond motifs is 1. The highest BCUT2D eigenvalue weighted by atomic mass is 127. The largest absolute Gasteiger partial charge is 0.304 e. The maximum absolute atomic E-state index is 10.5. The van der Waals surface area contributed by atoms with Crippen molar-refractivity contribution in [1.29, 1.82) is 0 Å². The van der Waals surface area contributed by atoms with Crippen LogP contribution in [0, 0.1) is 0 Å². The molecule has 0 bridgehead atoms. The fourth-order valence-electron chi connectivity index (χ4n) is 0.940. The van der Waals surface area contributed by atoms with Gasteiger partial charge in [-0.25, -0.2) is 4.98 Å². The molecule has 2 heterocycles. The molecule has 2 aromatic rings. The molecule has 0 amide bonds. The van der Waals surface area contributed by atoms with Gasteiger partial charge in [0, 0.05) is 11.8 Å². The topological polar surface area (TPSA) is 54.9 Å². The smallest absolute Gasteiger partial charge is 0.194 e. The minimum absolute atomic E-state index is 0.580. The van der Waals surface area contributed by atoms with Gasteiger partial charge in [0.15, 0.2) is 17.1 Å². The summed E-state index contributed by atoms with van der Waals surface area (Å²) in [6, 6.07) is 1.78. The third-order valence-electron chi connectivity index (χ3n) is 1.49. The molecule has 0 spiro atoms. The molecule has 0 aromatic carbocycles. The third-order valence-corrected chi connectivity index (χ3v) is 3.27. The Morgan fingerprint density at radius 2 is 2.46 bits per heavy atom. The zero-order chi connectivity index (χ0) is 9.26. The van der Waals surface area contributed by atoms with Crippen LogP contribution in [-0.2, 0) is 0 Å². The van der Waals surface area contributed by atoms with Gasteiger partial charge in [-0.3, -0.25) is 4.79 Å². The first kappa shape index (κ1) is 8.82. The summed E-state index contributed by atoms with van der Waals surface area (Å²) in [6.45, 7) is 0. The van der Waals surface area contributed by atoms with Crippen molar-refractivity contribution < 1.29 is 4.79 Å². The first-order chi connectivity index (χ1) is 6.33. The highest BCUT2D eigenvalue weighted by Gasteiger charge is 2.03. The number of pyridine rings is 1. The quantitative estimate of drug-likeness (QED) is 0.525. The van der Waals surface area contributed by atoms with Crippen molar-refractivity contribution in [1.82, 2.24) is 9.97 Å². The summed E-state index contributed by atoms with van der Waals surface area (Å²) in [5.74, 6) is 0. The molecular weight excluding hydrogens is 301 g/mol. The molecule has 0 fully saturated rings. The number of carbonyl (C=O) groups is 1. The Morgan fingerprint density at radius 3 is 3.15 bits per heavy atom. The van der Waals surface area contributed by atoms with E-state index in [0.717, 1.165) is 16.1 Å². The maximum atomic E-state index is 10.5. The summed E-state index contributed by atoms with van der Waals surface area (Å²) in [5.41, 5.74) is 1.26. The van der Waals surface area contributed by atoms with Crippen LogP contribution in [-0.4, -0.2) is 16.3 Å². The van der Waals surface area contributed by atoms with Crippen LogP contribution in [0.4, 0.5) is 5.13 Å². The van der Waals surface area contributed by atoms with Crippen LogP contribution in [0.3, 0.4) is 0 Å². The van der Waals surface area contributed by atoms with Gasteiger partial charge in [0.1, 0.15) is 0 Å². The minimum atomic E-state index is 0.580. The van der Waals surface area contributed by atoms with Crippen molar-refractivity contribution in [2.45, 2.75) is 0 Å². The van der Waals surface area contributed by atoms with E-state index in [1.165, 1.54) is 17.5 Å². The molecule has 0 aliphatic heterocycles. The summed E-state index contributed by atoms with van der Waals surface area (Å²) in [6.07, 6.45) is 2.30. The Hall–Kier alpha value is -0.760. The molecule has 0 unspecified atom stereocenters. The molecule has 13 heavy (non-hydrogen) atoms. The lowest BCUT2D eigenvalue weighted by atomic mass is 10.3. The molecule has 6 heteroatoms. The van der Waals surface area contributed by atoms with E-state index in [1.807, 2.05) is 22.9 Å². The molecule has 2 aromatic heterocycles. The van der Waals surface area contributed by atoms with Gasteiger partial charge in [-0.05, 0) is 6.07 Å². The molecule has 66 valence electrons. The van der Waals surface area contributed by atoms with Crippen LogP contribution >= 0.6 is 34.2 Å². The molecular formula is C7H4IN3OS. The number of hydrogen-bond donors (Lipinski definition) is 1. The van der Waals surface area contributed by atoms with Crippen LogP contribution in [0.25, 0.3) is 10.3 Å². The van der Waals surface area contributed by atoms with Gasteiger partial charge in [0.05, 0.1) is 27.6 Å². The first-order valence-electron chi connectivity index (χ1n) is 3.42. The Bertz CT molecular complexity index is 456. The molecule has 0 aliphatic rings. The lowest BCUT2D eigenvalue weighted by Gasteiger charge is -1.86. The van der Waals surface area contributed by atoms with Gasteiger partial charge in [0.25, 0.3) is 0 Å². The van der Waals surface area contributed by atoms with E-state index in [0.29, 0.717) is 11.2 Å². The van der Waals surface area contributed by atoms with Crippen molar-refractivity contribution in [2.24, 2.45) is 0 Å². The number of thiazole rings is 1. The van der Waals surface area contributed by atoms with Gasteiger partial charge in [-0.1, -0.05) is 11.3 Å². The summed E-state index contributed by atoms with van der Waals surface area (Å²) < 4.78 is 3.82. The molecule has 0 atom stereocenters. The highest BCUT2D eigenvalue weighted by molar-refractivity contribution is 14.1. The predicted molar refractivity (Wildman–Crippen MR) is 60.4 cm³/mol. The Kier molecular flexibility index (Phi) is 2.40. The molecule has 1 N–H and O–H groups in total. The van der Waals surface area contributed by atoms with E-state index in [4.69, 9.17) is 0 Å². The zero-order valence-electron chi connectivity index (χ0n) is 6.32. The standard InChI is InChI=1S/C7H4IN3OS/c8-11-7-10-6-5(13-7)1-4(3-12)2-9-6/h1-3H,(H,9,10,11). The fraction of sp³-hybridized carbons (Fsp3) is 0. The molecule has 0 aliphatic carbocycles. The second kappa shape index (κ2) is 3.54. The highest BCUT2D eigenvalue weighted by Crippen LogP contribution is 2.25. The summed E-state index contributed by atoms with van der Waals surface area (Å²) in [4.78, 5) is 18.7. The monoisotopic (exact) mass is 305 g/mol. The van der Waals surface area contributed by atoms with Crippen molar-refractivity contribution >= 4 is 56.0 Å². The predicted octanol–water partition coefficient (Wildman–Crippen LogP) is 2.27. The van der Waals surface area contributed by atoms with E-state index in [9.17, 15) is 4.79 Å². The van der Waals surface area contributed by atoms with E-state index in [-0.39, 0.29) is 0 Å². The molecule has 0 saturated heterocycles. The Morgan fingerprint density at radius 1 is 1.62 bits per heavy atom. The number of hydrogen-bond acceptors (Lipinski definition) is 5. The number of nitrogens with zero attached hydrogens (tertiary/aromatic N) is 2. The molecule has 2 rings (SSSR count). The van der Waals surface area contributed by atoms with E-state index >= 15 is 0 Å². The number of nitrogens with one attached hydrogen (secondary N) is 1. The van der Waals surface area contributed by atoms with Crippen LogP contribution in [0.1, 0.15) is 10.4 Å². The van der Waals surface area contributed by atoms with Gasteiger partial charge in [-0.15, -0.1) is 0 Å². The van der Waals surface area contributed by atoms with Crippen LogP contribution in [0.2, 0.25) is 0 Å². The second-order valence-corrected chi connectivity index (χ2v) is 3.89. The van der Waals surface area contributed by atoms with Crippen molar-refractivity contribution in [3.8, 4) is 0 Å². The number of anilines is 1. The van der Waals surface area contributed by atoms with E-state index < -0.39 is 0 Å². The number of carbonyl (C=O) groups excluding carboxylic acids is 1. The van der Waals surface area contributed by atoms with Gasteiger partial charge < -0.3 is 3.53 Å². The van der Waals surface area contributed by atoms with Crippen LogP contribution in [0.15, 0.2) is 12.3 Å². The average molecular weight is 305 g/mol. The Labute approximate surface area is 91.9 Å². The van der Waals surface area contributed by atoms with E-state index in [2.05, 4.69) is 13.5 Å². The van der Waals surface area contributed by atoms with Gasteiger partial charge in [-0.2, -0.15) is 4.98 Å². The third kappa shape index (κ3) is 1.63. The number of rotatable bonds is 2. The lowest BCUT2D eigenvalue weighted by molar-refractivity contribution is 0.112. The first-order valence-corrected chi connectivity index (χ1v) is 5.31. The van der Waals surface area contributed by atoms with Crippen LogP contribution < -0.4 is 3.53 Å². The maximum Gasteiger partial charge on any atom is 0.194 e. The lowest BCUT2D eigenvalue weighted by Crippen LogP contribution is -1.82. The average Bonchev–Trinajstić information content (AvgIpc) is 2.58. The Balaban J connectivity index is 2.63. The minimum Gasteiger partial charge on any atom is -0.304 e. The number of halogens is 1. The van der Waals surface area contributed by atoms with Gasteiger partial charge in [0.2, 0.25) is 0 Å². The van der Waals surface area contributed by atoms with Crippen molar-refractivity contribution in [2.75, 3.05) is 3.53 Å². The van der Waals surface area contributed by atoms with Crippen LogP contribution in [0.5, 0.6) is 0 Å². The van der Waals surface area contributed by atoms with Crippen molar-refractivity contribution in [3.05, 3.63) is 17.8 Å². The zero-order valence-corrected chi connectivity index (χ0v) is 9.29. The summed E-state index contributed by atoms with van der Waals surface area (Å²) >= 11 is 3.48. The second-order valence-electron chi connectivity index (χ2n) is 2.32. The van der Waals surface area contributed by atoms with E-state index in [1.54, 1.807) is 6.07 Å². The summed E-state index contributed by atoms with van der Waals surface area (Å²) in [7, 11) is 0. The normalized spacial score (nSPS) is 10.2. The van der Waals surface area contributed by atoms with Crippen molar-refractivity contribution in [3.63, 3.8) is 0 Å². The fourth-order valence-corrected chi connectivity index (χ4v) is 2.15. The number of aromatic nitrogens is 2. The SMILES string of the molecule is O=Cc1cnc2nc(NI)sc2c1. The number of aldehydes is 1. The molecule has 4 nitrogen and oxygen atoms in total. The summed E-state index contributed by atoms with van der Waals surface area (Å²) in [5, 5.41) is 0.797. The molecule has 0 saturated carbocycles. The van der Waals surface area contributed by atoms with Gasteiger partial charge >= 0.3 is 0 Å². The molecule has 0 radical (unpaired) electrons.